The second-order valence-corrected chi connectivity index (χ2v) is 8.50. The van der Waals surface area contributed by atoms with Gasteiger partial charge in [0.1, 0.15) is 6.61 Å². The van der Waals surface area contributed by atoms with Crippen LogP contribution in [-0.2, 0) is 6.54 Å². The smallest absolute Gasteiger partial charge is 0.271 e. The van der Waals surface area contributed by atoms with Crippen LogP contribution in [0.5, 0.6) is 11.5 Å². The summed E-state index contributed by atoms with van der Waals surface area (Å²) < 4.78 is 10.9. The van der Waals surface area contributed by atoms with Crippen molar-refractivity contribution in [3.8, 4) is 11.5 Å². The molecule has 1 heterocycles. The van der Waals surface area contributed by atoms with Crippen molar-refractivity contribution in [1.82, 2.24) is 10.3 Å². The van der Waals surface area contributed by atoms with Gasteiger partial charge in [0, 0.05) is 44.0 Å². The fourth-order valence-corrected chi connectivity index (χ4v) is 4.09. The molecule has 0 spiro atoms. The Labute approximate surface area is 212 Å². The maximum Gasteiger partial charge on any atom is 0.271 e. The Hall–Kier alpha value is -4.10. The Morgan fingerprint density at radius 1 is 1.00 bits per heavy atom. The Balaban J connectivity index is 1.26. The zero-order valence-electron chi connectivity index (χ0n) is 20.6. The van der Waals surface area contributed by atoms with Crippen molar-refractivity contribution in [2.24, 2.45) is 5.10 Å². The number of hydrazone groups is 1. The van der Waals surface area contributed by atoms with Crippen molar-refractivity contribution >= 4 is 17.8 Å². The van der Waals surface area contributed by atoms with Gasteiger partial charge in [-0.1, -0.05) is 43.0 Å². The molecule has 1 saturated heterocycles. The Kier molecular flexibility index (Phi) is 8.72. The van der Waals surface area contributed by atoms with Gasteiger partial charge in [-0.25, -0.2) is 5.43 Å². The number of nitrogens with one attached hydrogen (secondary N) is 1. The number of para-hydroxylation sites is 1. The summed E-state index contributed by atoms with van der Waals surface area (Å²) in [6.45, 7) is 8.96. The number of anilines is 1. The molecule has 1 fully saturated rings. The van der Waals surface area contributed by atoms with Gasteiger partial charge >= 0.3 is 0 Å². The predicted octanol–water partition coefficient (Wildman–Crippen LogP) is 4.35. The molecule has 1 amide bonds. The van der Waals surface area contributed by atoms with Gasteiger partial charge < -0.3 is 14.4 Å². The molecule has 0 saturated carbocycles. The fourth-order valence-electron chi connectivity index (χ4n) is 4.09. The van der Waals surface area contributed by atoms with Crippen molar-refractivity contribution in [2.75, 3.05) is 44.8 Å². The maximum atomic E-state index is 12.5. The van der Waals surface area contributed by atoms with Gasteiger partial charge in [0.05, 0.1) is 13.3 Å². The Morgan fingerprint density at radius 3 is 2.44 bits per heavy atom. The van der Waals surface area contributed by atoms with Crippen LogP contribution in [0, 0.1) is 0 Å². The van der Waals surface area contributed by atoms with E-state index in [2.05, 4.69) is 51.2 Å². The zero-order chi connectivity index (χ0) is 25.2. The molecule has 0 atom stereocenters. The van der Waals surface area contributed by atoms with Gasteiger partial charge in [0.25, 0.3) is 5.91 Å². The van der Waals surface area contributed by atoms with Crippen LogP contribution in [0.1, 0.15) is 21.5 Å². The summed E-state index contributed by atoms with van der Waals surface area (Å²) >= 11 is 0. The molecular weight excluding hydrogens is 452 g/mol. The first-order valence-electron chi connectivity index (χ1n) is 12.0. The summed E-state index contributed by atoms with van der Waals surface area (Å²) in [5.41, 5.74) is 6.40. The van der Waals surface area contributed by atoms with Gasteiger partial charge in [0.2, 0.25) is 0 Å². The third-order valence-electron chi connectivity index (χ3n) is 6.04. The molecule has 3 aromatic carbocycles. The fraction of sp³-hybridized carbons (Fsp3) is 0.241. The average molecular weight is 485 g/mol. The number of carbonyl (C=O) groups is 1. The van der Waals surface area contributed by atoms with E-state index in [0.29, 0.717) is 23.7 Å². The second-order valence-electron chi connectivity index (χ2n) is 8.50. The van der Waals surface area contributed by atoms with E-state index in [-0.39, 0.29) is 5.91 Å². The molecule has 3 aromatic rings. The molecule has 36 heavy (non-hydrogen) atoms. The molecule has 186 valence electrons. The molecule has 0 aromatic heterocycles. The first-order chi connectivity index (χ1) is 17.7. The second kappa shape index (κ2) is 12.6. The molecule has 0 bridgehead atoms. The molecule has 7 heteroatoms. The lowest BCUT2D eigenvalue weighted by atomic mass is 10.1. The number of ether oxygens (including phenoxy) is 2. The van der Waals surface area contributed by atoms with Gasteiger partial charge in [0.15, 0.2) is 11.5 Å². The number of nitrogens with zero attached hydrogens (tertiary/aromatic N) is 3. The van der Waals surface area contributed by atoms with Crippen molar-refractivity contribution in [3.63, 3.8) is 0 Å². The van der Waals surface area contributed by atoms with Crippen LogP contribution < -0.4 is 19.8 Å². The first-order valence-corrected chi connectivity index (χ1v) is 12.0. The number of rotatable bonds is 10. The topological polar surface area (TPSA) is 66.4 Å². The van der Waals surface area contributed by atoms with Crippen molar-refractivity contribution < 1.29 is 14.3 Å². The standard InChI is InChI=1S/C29H32N4O3/c1-3-19-36-27-14-11-24(20-28(27)35-2)21-30-31-29(34)25-12-9-23(10-13-25)22-32-15-17-33(18-16-32)26-7-5-4-6-8-26/h3-14,20-21H,1,15-19,22H2,2H3,(H,31,34)/b30-21-. The number of benzene rings is 3. The van der Waals surface area contributed by atoms with E-state index in [4.69, 9.17) is 9.47 Å². The molecule has 0 aliphatic carbocycles. The number of methoxy groups -OCH3 is 1. The third-order valence-corrected chi connectivity index (χ3v) is 6.04. The van der Waals surface area contributed by atoms with E-state index < -0.39 is 0 Å². The maximum absolute atomic E-state index is 12.5. The number of hydrogen-bond acceptors (Lipinski definition) is 6. The number of hydrogen-bond donors (Lipinski definition) is 1. The lowest BCUT2D eigenvalue weighted by molar-refractivity contribution is 0.0955. The van der Waals surface area contributed by atoms with Crippen molar-refractivity contribution in [1.29, 1.82) is 0 Å². The minimum atomic E-state index is -0.257. The van der Waals surface area contributed by atoms with Crippen molar-refractivity contribution in [2.45, 2.75) is 6.54 Å². The van der Waals surface area contributed by atoms with E-state index in [1.165, 1.54) is 11.3 Å². The molecule has 1 aliphatic rings. The van der Waals surface area contributed by atoms with E-state index in [1.807, 2.05) is 36.4 Å². The van der Waals surface area contributed by atoms with Gasteiger partial charge in [-0.15, -0.1) is 0 Å². The highest BCUT2D eigenvalue weighted by Gasteiger charge is 2.17. The normalized spacial score (nSPS) is 14.0. The summed E-state index contributed by atoms with van der Waals surface area (Å²) in [5, 5.41) is 4.08. The van der Waals surface area contributed by atoms with E-state index in [0.717, 1.165) is 38.3 Å². The minimum Gasteiger partial charge on any atom is -0.493 e. The van der Waals surface area contributed by atoms with Gasteiger partial charge in [-0.2, -0.15) is 5.10 Å². The van der Waals surface area contributed by atoms with Crippen LogP contribution in [-0.4, -0.2) is 56.9 Å². The summed E-state index contributed by atoms with van der Waals surface area (Å²) in [7, 11) is 1.58. The molecule has 4 rings (SSSR count). The first kappa shape index (κ1) is 25.0. The van der Waals surface area contributed by atoms with Crippen LogP contribution >= 0.6 is 0 Å². The molecular formula is C29H32N4O3. The highest BCUT2D eigenvalue weighted by Crippen LogP contribution is 2.27. The SMILES string of the molecule is C=CCOc1ccc(/C=N\NC(=O)c2ccc(CN3CCN(c4ccccc4)CC3)cc2)cc1OC. The minimum absolute atomic E-state index is 0.257. The van der Waals surface area contributed by atoms with Gasteiger partial charge in [-0.3, -0.25) is 9.69 Å². The highest BCUT2D eigenvalue weighted by molar-refractivity contribution is 5.95. The van der Waals surface area contributed by atoms with Crippen LogP contribution in [0.3, 0.4) is 0 Å². The lowest BCUT2D eigenvalue weighted by Crippen LogP contribution is -2.45. The quantitative estimate of drug-likeness (QED) is 0.263. The summed E-state index contributed by atoms with van der Waals surface area (Å²) in [5.74, 6) is 0.952. The molecule has 1 N–H and O–H groups in total. The van der Waals surface area contributed by atoms with E-state index in [1.54, 1.807) is 31.5 Å². The summed E-state index contributed by atoms with van der Waals surface area (Å²) in [6.07, 6.45) is 3.24. The van der Waals surface area contributed by atoms with Crippen LogP contribution in [0.4, 0.5) is 5.69 Å². The third kappa shape index (κ3) is 6.73. The number of piperazine rings is 1. The van der Waals surface area contributed by atoms with E-state index in [9.17, 15) is 4.79 Å². The molecule has 0 radical (unpaired) electrons. The molecule has 0 unspecified atom stereocenters. The summed E-state index contributed by atoms with van der Waals surface area (Å²) in [6, 6.07) is 23.7. The van der Waals surface area contributed by atoms with Crippen molar-refractivity contribution in [3.05, 3.63) is 102 Å². The zero-order valence-corrected chi connectivity index (χ0v) is 20.6. The average Bonchev–Trinajstić information content (AvgIpc) is 2.93. The number of amides is 1. The van der Waals surface area contributed by atoms with E-state index >= 15 is 0 Å². The Morgan fingerprint density at radius 2 is 1.75 bits per heavy atom. The highest BCUT2D eigenvalue weighted by atomic mass is 16.5. The molecule has 1 aliphatic heterocycles. The van der Waals surface area contributed by atoms with Crippen LogP contribution in [0.25, 0.3) is 0 Å². The largest absolute Gasteiger partial charge is 0.493 e. The monoisotopic (exact) mass is 484 g/mol. The predicted molar refractivity (Wildman–Crippen MR) is 144 cm³/mol. The van der Waals surface area contributed by atoms with Gasteiger partial charge in [-0.05, 0) is 53.6 Å². The number of carbonyl (C=O) groups excluding carboxylic acids is 1. The van der Waals surface area contributed by atoms with Crippen LogP contribution in [0.2, 0.25) is 0 Å². The Bertz CT molecular complexity index is 1170. The molecule has 7 nitrogen and oxygen atoms in total. The summed E-state index contributed by atoms with van der Waals surface area (Å²) in [4.78, 5) is 17.4. The lowest BCUT2D eigenvalue weighted by Gasteiger charge is -2.36. The van der Waals surface area contributed by atoms with Crippen LogP contribution in [0.15, 0.2) is 90.6 Å².